The smallest absolute Gasteiger partial charge is 0.124 e. The van der Waals surface area contributed by atoms with Gasteiger partial charge in [-0.05, 0) is 47.9 Å². The third kappa shape index (κ3) is 3.37. The summed E-state index contributed by atoms with van der Waals surface area (Å²) in [5.74, 6) is -0.630. The van der Waals surface area contributed by atoms with Crippen molar-refractivity contribution in [1.29, 1.82) is 0 Å². The minimum Gasteiger partial charge on any atom is -0.324 e. The van der Waals surface area contributed by atoms with Gasteiger partial charge in [0.05, 0.1) is 0 Å². The first kappa shape index (κ1) is 13.2. The second-order valence-electron chi connectivity index (χ2n) is 4.14. The number of benzene rings is 2. The Bertz CT molecular complexity index is 537. The van der Waals surface area contributed by atoms with Gasteiger partial charge in [0.25, 0.3) is 0 Å². The molecule has 2 N–H and O–H groups in total. The summed E-state index contributed by atoms with van der Waals surface area (Å²) in [6.45, 7) is 0. The van der Waals surface area contributed by atoms with E-state index in [1.807, 2.05) is 0 Å². The zero-order valence-electron chi connectivity index (χ0n) is 9.54. The lowest BCUT2D eigenvalue weighted by Gasteiger charge is -2.13. The Labute approximate surface area is 113 Å². The van der Waals surface area contributed by atoms with Gasteiger partial charge in [-0.1, -0.05) is 28.1 Å². The fourth-order valence-corrected chi connectivity index (χ4v) is 2.31. The Kier molecular flexibility index (Phi) is 4.09. The average molecular weight is 312 g/mol. The van der Waals surface area contributed by atoms with Crippen LogP contribution < -0.4 is 5.73 Å². The third-order valence-corrected chi connectivity index (χ3v) is 3.12. The van der Waals surface area contributed by atoms with E-state index in [0.29, 0.717) is 16.5 Å². The minimum atomic E-state index is -0.362. The maximum atomic E-state index is 13.2. The topological polar surface area (TPSA) is 26.0 Å². The first-order valence-corrected chi connectivity index (χ1v) is 6.30. The van der Waals surface area contributed by atoms with E-state index in [-0.39, 0.29) is 17.7 Å². The predicted molar refractivity (Wildman–Crippen MR) is 71.1 cm³/mol. The molecule has 0 saturated heterocycles. The van der Waals surface area contributed by atoms with Crippen LogP contribution in [-0.2, 0) is 6.42 Å². The first-order chi connectivity index (χ1) is 8.54. The SMILES string of the molecule is NC(Cc1cccc(F)c1)c1cc(F)cc(Br)c1. The lowest BCUT2D eigenvalue weighted by molar-refractivity contribution is 0.613. The lowest BCUT2D eigenvalue weighted by Crippen LogP contribution is -2.13. The molecule has 0 bridgehead atoms. The van der Waals surface area contributed by atoms with Crippen molar-refractivity contribution >= 4 is 15.9 Å². The lowest BCUT2D eigenvalue weighted by atomic mass is 9.99. The molecule has 0 aromatic heterocycles. The van der Waals surface area contributed by atoms with Gasteiger partial charge in [0.2, 0.25) is 0 Å². The van der Waals surface area contributed by atoms with Crippen molar-refractivity contribution < 1.29 is 8.78 Å². The van der Waals surface area contributed by atoms with Crippen molar-refractivity contribution in [3.05, 3.63) is 69.7 Å². The molecular formula is C14H12BrF2N. The molecule has 0 amide bonds. The molecule has 1 nitrogen and oxygen atoms in total. The fraction of sp³-hybridized carbons (Fsp3) is 0.143. The molecule has 0 radical (unpaired) electrons. The van der Waals surface area contributed by atoms with E-state index in [9.17, 15) is 8.78 Å². The molecule has 2 aromatic rings. The molecule has 0 fully saturated rings. The highest BCUT2D eigenvalue weighted by atomic mass is 79.9. The van der Waals surface area contributed by atoms with Gasteiger partial charge >= 0.3 is 0 Å². The number of rotatable bonds is 3. The Morgan fingerprint density at radius 3 is 2.50 bits per heavy atom. The monoisotopic (exact) mass is 311 g/mol. The van der Waals surface area contributed by atoms with Crippen LogP contribution in [0.2, 0.25) is 0 Å². The van der Waals surface area contributed by atoms with E-state index in [4.69, 9.17) is 5.73 Å². The van der Waals surface area contributed by atoms with Crippen molar-refractivity contribution in [2.75, 3.05) is 0 Å². The molecule has 1 atom stereocenters. The molecule has 18 heavy (non-hydrogen) atoms. The van der Waals surface area contributed by atoms with Gasteiger partial charge in [0.15, 0.2) is 0 Å². The van der Waals surface area contributed by atoms with Gasteiger partial charge in [0, 0.05) is 10.5 Å². The highest BCUT2D eigenvalue weighted by Gasteiger charge is 2.09. The van der Waals surface area contributed by atoms with Gasteiger partial charge in [-0.2, -0.15) is 0 Å². The maximum absolute atomic E-state index is 13.2. The normalized spacial score (nSPS) is 12.4. The number of hydrogen-bond acceptors (Lipinski definition) is 1. The molecule has 0 spiro atoms. The van der Waals surface area contributed by atoms with Crippen LogP contribution in [0, 0.1) is 11.6 Å². The highest BCUT2D eigenvalue weighted by Crippen LogP contribution is 2.22. The second-order valence-corrected chi connectivity index (χ2v) is 5.06. The average Bonchev–Trinajstić information content (AvgIpc) is 2.27. The predicted octanol–water partition coefficient (Wildman–Crippen LogP) is 3.97. The van der Waals surface area contributed by atoms with Crippen molar-refractivity contribution in [3.63, 3.8) is 0 Å². The first-order valence-electron chi connectivity index (χ1n) is 5.50. The van der Waals surface area contributed by atoms with Crippen LogP contribution in [0.25, 0.3) is 0 Å². The van der Waals surface area contributed by atoms with E-state index in [0.717, 1.165) is 5.56 Å². The Morgan fingerprint density at radius 1 is 1.06 bits per heavy atom. The molecule has 94 valence electrons. The van der Waals surface area contributed by atoms with Crippen LogP contribution >= 0.6 is 15.9 Å². The number of hydrogen-bond donors (Lipinski definition) is 1. The van der Waals surface area contributed by atoms with Gasteiger partial charge < -0.3 is 5.73 Å². The van der Waals surface area contributed by atoms with Crippen LogP contribution in [0.15, 0.2) is 46.9 Å². The van der Waals surface area contributed by atoms with Crippen LogP contribution in [0.5, 0.6) is 0 Å². The van der Waals surface area contributed by atoms with E-state index in [1.54, 1.807) is 18.2 Å². The fourth-order valence-electron chi connectivity index (χ4n) is 1.82. The molecule has 2 aromatic carbocycles. The zero-order chi connectivity index (χ0) is 13.1. The summed E-state index contributed by atoms with van der Waals surface area (Å²) in [7, 11) is 0. The molecule has 0 aliphatic rings. The summed E-state index contributed by atoms with van der Waals surface area (Å²) in [4.78, 5) is 0. The van der Waals surface area contributed by atoms with Crippen LogP contribution in [0.1, 0.15) is 17.2 Å². The summed E-state index contributed by atoms with van der Waals surface area (Å²) in [6.07, 6.45) is 0.466. The summed E-state index contributed by atoms with van der Waals surface area (Å²) in [5, 5.41) is 0. The number of halogens is 3. The molecule has 0 aliphatic heterocycles. The molecule has 0 heterocycles. The summed E-state index contributed by atoms with van der Waals surface area (Å²) in [5.41, 5.74) is 7.49. The Hall–Kier alpha value is -1.26. The summed E-state index contributed by atoms with van der Waals surface area (Å²) >= 11 is 3.22. The van der Waals surface area contributed by atoms with Crippen molar-refractivity contribution in [3.8, 4) is 0 Å². The van der Waals surface area contributed by atoms with E-state index >= 15 is 0 Å². The van der Waals surface area contributed by atoms with Gasteiger partial charge in [-0.15, -0.1) is 0 Å². The minimum absolute atomic E-state index is 0.292. The van der Waals surface area contributed by atoms with Crippen molar-refractivity contribution in [1.82, 2.24) is 0 Å². The molecular weight excluding hydrogens is 300 g/mol. The Morgan fingerprint density at radius 2 is 1.83 bits per heavy atom. The van der Waals surface area contributed by atoms with Crippen LogP contribution in [-0.4, -0.2) is 0 Å². The van der Waals surface area contributed by atoms with Crippen LogP contribution in [0.3, 0.4) is 0 Å². The van der Waals surface area contributed by atoms with Gasteiger partial charge in [-0.25, -0.2) is 8.78 Å². The molecule has 4 heteroatoms. The van der Waals surface area contributed by atoms with E-state index in [2.05, 4.69) is 15.9 Å². The quantitative estimate of drug-likeness (QED) is 0.912. The number of nitrogens with two attached hydrogens (primary N) is 1. The van der Waals surface area contributed by atoms with Crippen molar-refractivity contribution in [2.24, 2.45) is 5.73 Å². The van der Waals surface area contributed by atoms with Gasteiger partial charge in [0.1, 0.15) is 11.6 Å². The molecule has 0 aliphatic carbocycles. The van der Waals surface area contributed by atoms with E-state index in [1.165, 1.54) is 24.3 Å². The largest absolute Gasteiger partial charge is 0.324 e. The van der Waals surface area contributed by atoms with Crippen molar-refractivity contribution in [2.45, 2.75) is 12.5 Å². The molecule has 2 rings (SSSR count). The molecule has 0 saturated carbocycles. The molecule has 1 unspecified atom stereocenters. The standard InChI is InChI=1S/C14H12BrF2N/c15-11-6-10(7-13(17)8-11)14(18)5-9-2-1-3-12(16)4-9/h1-4,6-8,14H,5,18H2. The van der Waals surface area contributed by atoms with E-state index < -0.39 is 0 Å². The summed E-state index contributed by atoms with van der Waals surface area (Å²) < 4.78 is 26.9. The Balaban J connectivity index is 2.19. The highest BCUT2D eigenvalue weighted by molar-refractivity contribution is 9.10. The second kappa shape index (κ2) is 5.59. The zero-order valence-corrected chi connectivity index (χ0v) is 11.1. The third-order valence-electron chi connectivity index (χ3n) is 2.66. The maximum Gasteiger partial charge on any atom is 0.124 e. The van der Waals surface area contributed by atoms with Gasteiger partial charge in [-0.3, -0.25) is 0 Å². The van der Waals surface area contributed by atoms with Crippen LogP contribution in [0.4, 0.5) is 8.78 Å². The summed E-state index contributed by atoms with van der Waals surface area (Å²) in [6, 6.07) is 10.4.